The van der Waals surface area contributed by atoms with Crippen molar-refractivity contribution in [1.82, 2.24) is 0 Å². The van der Waals surface area contributed by atoms with Crippen molar-refractivity contribution in [3.05, 3.63) is 94.0 Å². The predicted octanol–water partition coefficient (Wildman–Crippen LogP) is 6.25. The molecular weight excluding hydrogens is 299 g/mol. The van der Waals surface area contributed by atoms with E-state index in [0.717, 1.165) is 23.1 Å². The van der Waals surface area contributed by atoms with E-state index < -0.39 is 0 Å². The highest BCUT2D eigenvalue weighted by atomic mass is 35.5. The highest BCUT2D eigenvalue weighted by Crippen LogP contribution is 2.35. The summed E-state index contributed by atoms with van der Waals surface area (Å²) in [7, 11) is 0. The van der Waals surface area contributed by atoms with Gasteiger partial charge < -0.3 is 0 Å². The van der Waals surface area contributed by atoms with Crippen LogP contribution in [0.2, 0.25) is 10.0 Å². The largest absolute Gasteiger partial charge is 0.0827 e. The first-order valence-corrected chi connectivity index (χ1v) is 7.57. The van der Waals surface area contributed by atoms with E-state index in [1.165, 1.54) is 5.56 Å². The van der Waals surface area contributed by atoms with E-state index in [1.807, 2.05) is 48.5 Å². The molecule has 0 N–H and O–H groups in total. The minimum atomic E-state index is 0.599. The predicted molar refractivity (Wildman–Crippen MR) is 91.1 cm³/mol. The Labute approximate surface area is 135 Å². The molecule has 0 heterocycles. The summed E-state index contributed by atoms with van der Waals surface area (Å²) in [6.45, 7) is 0. The van der Waals surface area contributed by atoms with E-state index in [2.05, 4.69) is 24.3 Å². The first-order valence-electron chi connectivity index (χ1n) is 6.82. The average molecular weight is 313 g/mol. The maximum Gasteiger partial charge on any atom is 0.0633 e. The maximum absolute atomic E-state index is 6.47. The van der Waals surface area contributed by atoms with Gasteiger partial charge in [0.25, 0.3) is 0 Å². The molecule has 0 aliphatic heterocycles. The molecule has 0 nitrogen and oxygen atoms in total. The average Bonchev–Trinajstić information content (AvgIpc) is 2.54. The number of hydrogen-bond acceptors (Lipinski definition) is 0. The maximum atomic E-state index is 6.47. The highest BCUT2D eigenvalue weighted by Gasteiger charge is 2.12. The third kappa shape index (κ3) is 3.12. The van der Waals surface area contributed by atoms with Gasteiger partial charge in [0.2, 0.25) is 0 Å². The minimum absolute atomic E-state index is 0.599. The Morgan fingerprint density at radius 3 is 1.95 bits per heavy atom. The van der Waals surface area contributed by atoms with Crippen molar-refractivity contribution in [1.29, 1.82) is 0 Å². The van der Waals surface area contributed by atoms with Crippen LogP contribution in [0.1, 0.15) is 11.1 Å². The molecule has 0 bridgehead atoms. The molecule has 0 aliphatic carbocycles. The Morgan fingerprint density at radius 2 is 1.29 bits per heavy atom. The van der Waals surface area contributed by atoms with Gasteiger partial charge >= 0.3 is 0 Å². The Kier molecular flexibility index (Phi) is 4.28. The summed E-state index contributed by atoms with van der Waals surface area (Å²) in [6.07, 6.45) is 0.768. The van der Waals surface area contributed by atoms with E-state index in [9.17, 15) is 0 Å². The molecule has 104 valence electrons. The van der Waals surface area contributed by atoms with Crippen LogP contribution in [0.5, 0.6) is 0 Å². The van der Waals surface area contributed by atoms with Gasteiger partial charge in [0.1, 0.15) is 0 Å². The SMILES string of the molecule is Clc1ccc(-c2ccccc2)c(Cc2ccccc2)c1Cl. The highest BCUT2D eigenvalue weighted by molar-refractivity contribution is 6.42. The molecule has 0 unspecified atom stereocenters. The molecule has 0 radical (unpaired) electrons. The van der Waals surface area contributed by atoms with Gasteiger partial charge in [0, 0.05) is 0 Å². The first kappa shape index (κ1) is 14.2. The number of hydrogen-bond donors (Lipinski definition) is 0. The molecule has 3 rings (SSSR count). The number of benzene rings is 3. The van der Waals surface area contributed by atoms with Crippen molar-refractivity contribution in [2.24, 2.45) is 0 Å². The van der Waals surface area contributed by atoms with E-state index in [-0.39, 0.29) is 0 Å². The zero-order valence-corrected chi connectivity index (χ0v) is 12.9. The van der Waals surface area contributed by atoms with E-state index in [1.54, 1.807) is 0 Å². The summed E-state index contributed by atoms with van der Waals surface area (Å²) in [5.41, 5.74) is 4.58. The lowest BCUT2D eigenvalue weighted by Crippen LogP contribution is -1.94. The van der Waals surface area contributed by atoms with E-state index in [0.29, 0.717) is 10.0 Å². The van der Waals surface area contributed by atoms with Gasteiger partial charge in [-0.1, -0.05) is 89.9 Å². The normalized spacial score (nSPS) is 10.6. The van der Waals surface area contributed by atoms with Gasteiger partial charge in [-0.3, -0.25) is 0 Å². The lowest BCUT2D eigenvalue weighted by molar-refractivity contribution is 1.19. The lowest BCUT2D eigenvalue weighted by atomic mass is 9.95. The van der Waals surface area contributed by atoms with Gasteiger partial charge in [-0.25, -0.2) is 0 Å². The molecule has 0 amide bonds. The van der Waals surface area contributed by atoms with Gasteiger partial charge in [0.15, 0.2) is 0 Å². The third-order valence-electron chi connectivity index (χ3n) is 3.50. The van der Waals surface area contributed by atoms with Crippen LogP contribution in [0.15, 0.2) is 72.8 Å². The molecule has 2 heteroatoms. The molecule has 0 saturated carbocycles. The summed E-state index contributed by atoms with van der Waals surface area (Å²) in [4.78, 5) is 0. The summed E-state index contributed by atoms with van der Waals surface area (Å²) < 4.78 is 0. The van der Waals surface area contributed by atoms with Crippen LogP contribution in [-0.2, 0) is 6.42 Å². The molecule has 3 aromatic rings. The van der Waals surface area contributed by atoms with Crippen LogP contribution < -0.4 is 0 Å². The van der Waals surface area contributed by atoms with Crippen molar-refractivity contribution in [2.45, 2.75) is 6.42 Å². The number of rotatable bonds is 3. The Balaban J connectivity index is 2.11. The first-order chi connectivity index (χ1) is 10.3. The summed E-state index contributed by atoms with van der Waals surface area (Å²) in [5.74, 6) is 0. The standard InChI is InChI=1S/C19H14Cl2/c20-18-12-11-16(15-9-5-2-6-10-15)17(19(18)21)13-14-7-3-1-4-8-14/h1-12H,13H2. The molecule has 0 saturated heterocycles. The molecule has 0 aliphatic rings. The van der Waals surface area contributed by atoms with Gasteiger partial charge in [0.05, 0.1) is 10.0 Å². The Morgan fingerprint density at radius 1 is 0.667 bits per heavy atom. The second kappa shape index (κ2) is 6.34. The Hall–Kier alpha value is -1.76. The second-order valence-corrected chi connectivity index (χ2v) is 5.70. The fraction of sp³-hybridized carbons (Fsp3) is 0.0526. The quantitative estimate of drug-likeness (QED) is 0.536. The zero-order valence-electron chi connectivity index (χ0n) is 11.4. The fourth-order valence-electron chi connectivity index (χ4n) is 2.45. The Bertz CT molecular complexity index is 734. The van der Waals surface area contributed by atoms with Crippen LogP contribution >= 0.6 is 23.2 Å². The van der Waals surface area contributed by atoms with Crippen molar-refractivity contribution in [3.8, 4) is 11.1 Å². The fourth-order valence-corrected chi connectivity index (χ4v) is 2.86. The molecule has 0 aromatic heterocycles. The molecular formula is C19H14Cl2. The van der Waals surface area contributed by atoms with Gasteiger partial charge in [-0.05, 0) is 34.7 Å². The van der Waals surface area contributed by atoms with Gasteiger partial charge in [-0.15, -0.1) is 0 Å². The molecule has 3 aromatic carbocycles. The zero-order chi connectivity index (χ0) is 14.7. The van der Waals surface area contributed by atoms with Crippen molar-refractivity contribution < 1.29 is 0 Å². The topological polar surface area (TPSA) is 0 Å². The van der Waals surface area contributed by atoms with E-state index in [4.69, 9.17) is 23.2 Å². The van der Waals surface area contributed by atoms with Crippen LogP contribution in [-0.4, -0.2) is 0 Å². The molecule has 0 spiro atoms. The summed E-state index contributed by atoms with van der Waals surface area (Å²) in [6, 6.07) is 24.5. The molecule has 0 fully saturated rings. The van der Waals surface area contributed by atoms with Crippen molar-refractivity contribution in [2.75, 3.05) is 0 Å². The monoisotopic (exact) mass is 312 g/mol. The van der Waals surface area contributed by atoms with Crippen LogP contribution in [0.25, 0.3) is 11.1 Å². The van der Waals surface area contributed by atoms with Crippen molar-refractivity contribution in [3.63, 3.8) is 0 Å². The van der Waals surface area contributed by atoms with Crippen molar-refractivity contribution >= 4 is 23.2 Å². The second-order valence-electron chi connectivity index (χ2n) is 4.92. The molecule has 21 heavy (non-hydrogen) atoms. The number of halogens is 2. The summed E-state index contributed by atoms with van der Waals surface area (Å²) in [5, 5.41) is 1.24. The van der Waals surface area contributed by atoms with Gasteiger partial charge in [-0.2, -0.15) is 0 Å². The van der Waals surface area contributed by atoms with Crippen LogP contribution in [0.3, 0.4) is 0 Å². The minimum Gasteiger partial charge on any atom is -0.0827 e. The van der Waals surface area contributed by atoms with E-state index >= 15 is 0 Å². The lowest BCUT2D eigenvalue weighted by Gasteiger charge is -2.13. The van der Waals surface area contributed by atoms with Crippen LogP contribution in [0.4, 0.5) is 0 Å². The smallest absolute Gasteiger partial charge is 0.0633 e. The third-order valence-corrected chi connectivity index (χ3v) is 4.35. The van der Waals surface area contributed by atoms with Crippen LogP contribution in [0, 0.1) is 0 Å². The summed E-state index contributed by atoms with van der Waals surface area (Å²) >= 11 is 12.7. The molecule has 0 atom stereocenters.